The number of rotatable bonds is 5. The minimum Gasteiger partial charge on any atom is -0.392 e. The van der Waals surface area contributed by atoms with Crippen LogP contribution in [0.1, 0.15) is 19.4 Å². The van der Waals surface area contributed by atoms with Gasteiger partial charge in [-0.05, 0) is 31.9 Å². The maximum absolute atomic E-state index is 9.15. The van der Waals surface area contributed by atoms with Crippen LogP contribution in [-0.2, 0) is 6.42 Å². The van der Waals surface area contributed by atoms with Crippen molar-refractivity contribution in [2.24, 2.45) is 0 Å². The Bertz CT molecular complexity index is 301. The Labute approximate surface area is 99.8 Å². The second kappa shape index (κ2) is 6.26. The molecule has 0 bridgehead atoms. The third-order valence-corrected chi connectivity index (χ3v) is 3.02. The first-order valence-corrected chi connectivity index (χ1v) is 6.03. The topological polar surface area (TPSA) is 32.3 Å². The molecular formula is C12H18BrNO. The van der Waals surface area contributed by atoms with Gasteiger partial charge in [-0.25, -0.2) is 0 Å². The van der Waals surface area contributed by atoms with Crippen LogP contribution in [0.5, 0.6) is 0 Å². The predicted octanol–water partition coefficient (Wildman–Crippen LogP) is 2.35. The van der Waals surface area contributed by atoms with Crippen LogP contribution in [0, 0.1) is 0 Å². The van der Waals surface area contributed by atoms with Crippen LogP contribution in [0.3, 0.4) is 0 Å². The first-order valence-electron chi connectivity index (χ1n) is 5.24. The second-order valence-electron chi connectivity index (χ2n) is 3.95. The van der Waals surface area contributed by atoms with E-state index < -0.39 is 0 Å². The number of benzene rings is 1. The third kappa shape index (κ3) is 4.78. The molecule has 0 radical (unpaired) electrons. The fraction of sp³-hybridized carbons (Fsp3) is 0.500. The molecule has 1 unspecified atom stereocenters. The molecule has 0 heterocycles. The molecule has 1 aromatic carbocycles. The van der Waals surface area contributed by atoms with Crippen LogP contribution in [-0.4, -0.2) is 23.8 Å². The molecule has 0 saturated heterocycles. The SMILES string of the molecule is CC(Cc1ccccc1Br)NC[C@@H](C)O. The number of aliphatic hydroxyl groups is 1. The summed E-state index contributed by atoms with van der Waals surface area (Å²) in [7, 11) is 0. The zero-order valence-corrected chi connectivity index (χ0v) is 10.8. The molecule has 0 amide bonds. The number of hydrogen-bond donors (Lipinski definition) is 2. The molecule has 1 rings (SSSR count). The summed E-state index contributed by atoms with van der Waals surface area (Å²) in [5, 5.41) is 12.4. The molecule has 0 saturated carbocycles. The molecular weight excluding hydrogens is 254 g/mol. The quantitative estimate of drug-likeness (QED) is 0.862. The maximum atomic E-state index is 9.15. The summed E-state index contributed by atoms with van der Waals surface area (Å²) in [5.41, 5.74) is 1.29. The summed E-state index contributed by atoms with van der Waals surface area (Å²) in [6.07, 6.45) is 0.681. The van der Waals surface area contributed by atoms with Gasteiger partial charge in [-0.15, -0.1) is 0 Å². The van der Waals surface area contributed by atoms with Crippen molar-refractivity contribution in [2.75, 3.05) is 6.54 Å². The van der Waals surface area contributed by atoms with E-state index in [0.717, 1.165) is 10.9 Å². The number of aliphatic hydroxyl groups excluding tert-OH is 1. The van der Waals surface area contributed by atoms with E-state index >= 15 is 0 Å². The Hall–Kier alpha value is -0.380. The lowest BCUT2D eigenvalue weighted by Gasteiger charge is -2.15. The van der Waals surface area contributed by atoms with Crippen LogP contribution >= 0.6 is 15.9 Å². The van der Waals surface area contributed by atoms with E-state index in [4.69, 9.17) is 5.11 Å². The predicted molar refractivity (Wildman–Crippen MR) is 67.0 cm³/mol. The Morgan fingerprint density at radius 2 is 2.00 bits per heavy atom. The minimum atomic E-state index is -0.285. The Balaban J connectivity index is 2.44. The number of halogens is 1. The van der Waals surface area contributed by atoms with Crippen LogP contribution in [0.15, 0.2) is 28.7 Å². The summed E-state index contributed by atoms with van der Waals surface area (Å²) in [4.78, 5) is 0. The van der Waals surface area contributed by atoms with Crippen molar-refractivity contribution >= 4 is 15.9 Å². The molecule has 0 aliphatic heterocycles. The van der Waals surface area contributed by atoms with Gasteiger partial charge in [-0.3, -0.25) is 0 Å². The van der Waals surface area contributed by atoms with E-state index in [9.17, 15) is 0 Å². The molecule has 0 spiro atoms. The van der Waals surface area contributed by atoms with Crippen LogP contribution in [0.4, 0.5) is 0 Å². The van der Waals surface area contributed by atoms with E-state index in [1.807, 2.05) is 12.1 Å². The Morgan fingerprint density at radius 1 is 1.33 bits per heavy atom. The fourth-order valence-electron chi connectivity index (χ4n) is 1.44. The molecule has 3 heteroatoms. The van der Waals surface area contributed by atoms with Crippen molar-refractivity contribution < 1.29 is 5.11 Å². The molecule has 0 aliphatic rings. The molecule has 2 atom stereocenters. The minimum absolute atomic E-state index is 0.285. The summed E-state index contributed by atoms with van der Waals surface area (Å²) in [6.45, 7) is 4.56. The van der Waals surface area contributed by atoms with Crippen LogP contribution in [0.25, 0.3) is 0 Å². The monoisotopic (exact) mass is 271 g/mol. The van der Waals surface area contributed by atoms with Gasteiger partial charge in [0.05, 0.1) is 6.10 Å². The fourth-order valence-corrected chi connectivity index (χ4v) is 1.88. The summed E-state index contributed by atoms with van der Waals surface area (Å²) >= 11 is 3.53. The first kappa shape index (κ1) is 12.7. The first-order chi connectivity index (χ1) is 7.09. The lowest BCUT2D eigenvalue weighted by Crippen LogP contribution is -2.33. The van der Waals surface area contributed by atoms with Crippen molar-refractivity contribution in [3.8, 4) is 0 Å². The zero-order valence-electron chi connectivity index (χ0n) is 9.20. The average Bonchev–Trinajstić information content (AvgIpc) is 2.18. The van der Waals surface area contributed by atoms with Crippen molar-refractivity contribution in [1.82, 2.24) is 5.32 Å². The largest absolute Gasteiger partial charge is 0.392 e. The van der Waals surface area contributed by atoms with E-state index in [0.29, 0.717) is 12.6 Å². The van der Waals surface area contributed by atoms with Gasteiger partial charge in [0, 0.05) is 17.1 Å². The van der Waals surface area contributed by atoms with Gasteiger partial charge < -0.3 is 10.4 Å². The molecule has 0 aliphatic carbocycles. The van der Waals surface area contributed by atoms with E-state index in [2.05, 4.69) is 40.3 Å². The standard InChI is InChI=1S/C12H18BrNO/c1-9(14-8-10(2)15)7-11-5-3-4-6-12(11)13/h3-6,9-10,14-15H,7-8H2,1-2H3/t9?,10-/m1/s1. The molecule has 0 fully saturated rings. The van der Waals surface area contributed by atoms with Gasteiger partial charge >= 0.3 is 0 Å². The maximum Gasteiger partial charge on any atom is 0.0636 e. The van der Waals surface area contributed by atoms with Gasteiger partial charge in [0.25, 0.3) is 0 Å². The smallest absolute Gasteiger partial charge is 0.0636 e. The Kier molecular flexibility index (Phi) is 5.29. The second-order valence-corrected chi connectivity index (χ2v) is 4.81. The van der Waals surface area contributed by atoms with Gasteiger partial charge in [-0.1, -0.05) is 34.1 Å². The highest BCUT2D eigenvalue weighted by molar-refractivity contribution is 9.10. The van der Waals surface area contributed by atoms with Crippen LogP contribution < -0.4 is 5.32 Å². The molecule has 0 aromatic heterocycles. The van der Waals surface area contributed by atoms with Gasteiger partial charge in [-0.2, -0.15) is 0 Å². The van der Waals surface area contributed by atoms with Gasteiger partial charge in [0.1, 0.15) is 0 Å². The van der Waals surface area contributed by atoms with Crippen molar-refractivity contribution in [3.05, 3.63) is 34.3 Å². The molecule has 2 nitrogen and oxygen atoms in total. The van der Waals surface area contributed by atoms with Gasteiger partial charge in [0.2, 0.25) is 0 Å². The van der Waals surface area contributed by atoms with E-state index in [-0.39, 0.29) is 6.10 Å². The van der Waals surface area contributed by atoms with E-state index in [1.54, 1.807) is 6.92 Å². The average molecular weight is 272 g/mol. The lowest BCUT2D eigenvalue weighted by molar-refractivity contribution is 0.187. The van der Waals surface area contributed by atoms with E-state index in [1.165, 1.54) is 5.56 Å². The van der Waals surface area contributed by atoms with Crippen molar-refractivity contribution in [3.63, 3.8) is 0 Å². The normalized spacial score (nSPS) is 14.9. The third-order valence-electron chi connectivity index (χ3n) is 2.25. The highest BCUT2D eigenvalue weighted by Gasteiger charge is 2.06. The van der Waals surface area contributed by atoms with Crippen molar-refractivity contribution in [1.29, 1.82) is 0 Å². The summed E-state index contributed by atoms with van der Waals surface area (Å²) in [6, 6.07) is 8.60. The number of nitrogens with one attached hydrogen (secondary N) is 1. The van der Waals surface area contributed by atoms with Crippen LogP contribution in [0.2, 0.25) is 0 Å². The Morgan fingerprint density at radius 3 is 2.60 bits per heavy atom. The molecule has 1 aromatic rings. The molecule has 2 N–H and O–H groups in total. The lowest BCUT2D eigenvalue weighted by atomic mass is 10.1. The zero-order chi connectivity index (χ0) is 11.3. The van der Waals surface area contributed by atoms with Crippen molar-refractivity contribution in [2.45, 2.75) is 32.4 Å². The highest BCUT2D eigenvalue weighted by atomic mass is 79.9. The molecule has 15 heavy (non-hydrogen) atoms. The summed E-state index contributed by atoms with van der Waals surface area (Å²) < 4.78 is 1.15. The summed E-state index contributed by atoms with van der Waals surface area (Å²) in [5.74, 6) is 0. The number of hydrogen-bond acceptors (Lipinski definition) is 2. The highest BCUT2D eigenvalue weighted by Crippen LogP contribution is 2.17. The molecule has 84 valence electrons. The van der Waals surface area contributed by atoms with Gasteiger partial charge in [0.15, 0.2) is 0 Å².